The first kappa shape index (κ1) is 9.28. The quantitative estimate of drug-likeness (QED) is 0.641. The standard InChI is InChI=1S/C12H14N2OS/c1-6-5-14-11(15)9-7-2-3-8(4-7)10(9)13-12(14)16-6/h7-10H,1-5H2/t7-,8+,9-,10+/m0/s1. The summed E-state index contributed by atoms with van der Waals surface area (Å²) in [6.45, 7) is 4.63. The average Bonchev–Trinajstić information content (AvgIpc) is 2.90. The van der Waals surface area contributed by atoms with Gasteiger partial charge in [0.25, 0.3) is 0 Å². The van der Waals surface area contributed by atoms with E-state index in [1.807, 2.05) is 4.90 Å². The molecule has 2 heterocycles. The van der Waals surface area contributed by atoms with Crippen molar-refractivity contribution in [3.05, 3.63) is 11.5 Å². The average molecular weight is 234 g/mol. The molecule has 2 saturated carbocycles. The summed E-state index contributed by atoms with van der Waals surface area (Å²) in [7, 11) is 0. The van der Waals surface area contributed by atoms with Crippen LogP contribution in [0.5, 0.6) is 0 Å². The molecule has 0 spiro atoms. The molecule has 0 aromatic rings. The van der Waals surface area contributed by atoms with Crippen molar-refractivity contribution in [3.8, 4) is 0 Å². The summed E-state index contributed by atoms with van der Waals surface area (Å²) >= 11 is 1.59. The first-order valence-electron chi connectivity index (χ1n) is 5.99. The molecule has 1 saturated heterocycles. The minimum Gasteiger partial charge on any atom is -0.286 e. The summed E-state index contributed by atoms with van der Waals surface area (Å²) in [5.41, 5.74) is 0. The third-order valence-corrected chi connectivity index (χ3v) is 5.41. The maximum absolute atomic E-state index is 12.4. The minimum absolute atomic E-state index is 0.203. The van der Waals surface area contributed by atoms with Gasteiger partial charge in [-0.25, -0.2) is 0 Å². The zero-order valence-corrected chi connectivity index (χ0v) is 9.87. The van der Waals surface area contributed by atoms with Crippen LogP contribution in [0.25, 0.3) is 0 Å². The number of rotatable bonds is 0. The number of aliphatic imine (C=N–C) groups is 1. The number of hydrogen-bond donors (Lipinski definition) is 0. The van der Waals surface area contributed by atoms with Crippen molar-refractivity contribution in [2.24, 2.45) is 22.7 Å². The molecule has 0 aromatic carbocycles. The number of amides is 1. The molecule has 4 aliphatic rings. The number of carbonyl (C=O) groups excluding carboxylic acids is 1. The molecule has 0 aromatic heterocycles. The molecule has 2 bridgehead atoms. The number of hydrogen-bond acceptors (Lipinski definition) is 3. The summed E-state index contributed by atoms with van der Waals surface area (Å²) in [4.78, 5) is 20.1. The highest BCUT2D eigenvalue weighted by Gasteiger charge is 2.55. The number of amidine groups is 1. The van der Waals surface area contributed by atoms with E-state index in [0.29, 0.717) is 30.3 Å². The fraction of sp³-hybridized carbons (Fsp3) is 0.667. The Balaban J connectivity index is 1.78. The van der Waals surface area contributed by atoms with Gasteiger partial charge in [0, 0.05) is 4.91 Å². The molecule has 0 N–H and O–H groups in total. The number of thioether (sulfide) groups is 1. The van der Waals surface area contributed by atoms with Crippen LogP contribution in [0.4, 0.5) is 0 Å². The van der Waals surface area contributed by atoms with Crippen LogP contribution in [0.2, 0.25) is 0 Å². The Morgan fingerprint density at radius 2 is 2.19 bits per heavy atom. The lowest BCUT2D eigenvalue weighted by Crippen LogP contribution is -2.48. The van der Waals surface area contributed by atoms with Crippen LogP contribution in [0.15, 0.2) is 16.5 Å². The zero-order chi connectivity index (χ0) is 10.9. The van der Waals surface area contributed by atoms with Gasteiger partial charge in [-0.1, -0.05) is 18.3 Å². The fourth-order valence-corrected chi connectivity index (χ4v) is 4.72. The largest absolute Gasteiger partial charge is 0.286 e. The van der Waals surface area contributed by atoms with Crippen molar-refractivity contribution < 1.29 is 4.79 Å². The highest BCUT2D eigenvalue weighted by molar-refractivity contribution is 8.17. The minimum atomic E-state index is 0.203. The van der Waals surface area contributed by atoms with Gasteiger partial charge in [-0.05, 0) is 31.1 Å². The molecule has 2 aliphatic heterocycles. The van der Waals surface area contributed by atoms with E-state index in [0.717, 1.165) is 10.1 Å². The van der Waals surface area contributed by atoms with Crippen LogP contribution < -0.4 is 0 Å². The SMILES string of the molecule is C=C1CN2C(=O)[C@H]3[C@H]4CC[C@H](C4)[C@H]3N=C2S1. The normalized spacial score (nSPS) is 44.8. The number of nitrogens with zero attached hydrogens (tertiary/aromatic N) is 2. The van der Waals surface area contributed by atoms with Crippen LogP contribution in [0.3, 0.4) is 0 Å². The molecule has 1 amide bonds. The maximum atomic E-state index is 12.4. The predicted octanol–water partition coefficient (Wildman–Crippen LogP) is 1.86. The van der Waals surface area contributed by atoms with Gasteiger partial charge in [0.1, 0.15) is 0 Å². The van der Waals surface area contributed by atoms with Gasteiger partial charge in [-0.15, -0.1) is 0 Å². The summed E-state index contributed by atoms with van der Waals surface area (Å²) in [6, 6.07) is 0.302. The van der Waals surface area contributed by atoms with Crippen LogP contribution in [0, 0.1) is 17.8 Å². The molecule has 4 heteroatoms. The molecule has 4 rings (SSSR count). The Kier molecular flexibility index (Phi) is 1.69. The van der Waals surface area contributed by atoms with Gasteiger partial charge in [0.2, 0.25) is 5.91 Å². The van der Waals surface area contributed by atoms with Crippen LogP contribution >= 0.6 is 11.8 Å². The van der Waals surface area contributed by atoms with Gasteiger partial charge in [0.05, 0.1) is 18.5 Å². The van der Waals surface area contributed by atoms with Gasteiger partial charge in [0.15, 0.2) is 5.17 Å². The Labute approximate surface area is 99.0 Å². The van der Waals surface area contributed by atoms with Crippen molar-refractivity contribution >= 4 is 22.8 Å². The highest BCUT2D eigenvalue weighted by Crippen LogP contribution is 2.53. The molecule has 4 atom stereocenters. The van der Waals surface area contributed by atoms with Crippen molar-refractivity contribution in [2.45, 2.75) is 25.3 Å². The van der Waals surface area contributed by atoms with Crippen molar-refractivity contribution in [2.75, 3.05) is 6.54 Å². The van der Waals surface area contributed by atoms with Gasteiger partial charge in [-0.3, -0.25) is 14.7 Å². The third kappa shape index (κ3) is 1.01. The molecule has 2 aliphatic carbocycles. The lowest BCUT2D eigenvalue weighted by Gasteiger charge is -2.34. The monoisotopic (exact) mass is 234 g/mol. The second-order valence-electron chi connectivity index (χ2n) is 5.33. The van der Waals surface area contributed by atoms with E-state index in [9.17, 15) is 4.79 Å². The van der Waals surface area contributed by atoms with E-state index in [4.69, 9.17) is 4.99 Å². The Bertz CT molecular complexity index is 431. The van der Waals surface area contributed by atoms with E-state index in [1.165, 1.54) is 19.3 Å². The van der Waals surface area contributed by atoms with E-state index in [1.54, 1.807) is 11.8 Å². The summed E-state index contributed by atoms with van der Waals surface area (Å²) in [5.74, 6) is 1.83. The molecular weight excluding hydrogens is 220 g/mol. The van der Waals surface area contributed by atoms with E-state index in [2.05, 4.69) is 6.58 Å². The van der Waals surface area contributed by atoms with E-state index < -0.39 is 0 Å². The van der Waals surface area contributed by atoms with Gasteiger partial charge >= 0.3 is 0 Å². The van der Waals surface area contributed by atoms with Gasteiger partial charge < -0.3 is 0 Å². The smallest absolute Gasteiger partial charge is 0.234 e. The molecular formula is C12H14N2OS. The lowest BCUT2D eigenvalue weighted by atomic mass is 9.83. The molecule has 16 heavy (non-hydrogen) atoms. The fourth-order valence-electron chi connectivity index (χ4n) is 3.83. The number of fused-ring (bicyclic) bond motifs is 6. The summed E-state index contributed by atoms with van der Waals surface area (Å²) in [6.07, 6.45) is 3.75. The maximum Gasteiger partial charge on any atom is 0.234 e. The van der Waals surface area contributed by atoms with Crippen molar-refractivity contribution in [1.29, 1.82) is 0 Å². The topological polar surface area (TPSA) is 32.7 Å². The Morgan fingerprint density at radius 3 is 3.06 bits per heavy atom. The van der Waals surface area contributed by atoms with Crippen molar-refractivity contribution in [3.63, 3.8) is 0 Å². The van der Waals surface area contributed by atoms with E-state index in [-0.39, 0.29) is 5.92 Å². The first-order chi connectivity index (χ1) is 7.74. The highest BCUT2D eigenvalue weighted by atomic mass is 32.2. The lowest BCUT2D eigenvalue weighted by molar-refractivity contribution is -0.134. The zero-order valence-electron chi connectivity index (χ0n) is 9.06. The van der Waals surface area contributed by atoms with Crippen LogP contribution in [0.1, 0.15) is 19.3 Å². The number of carbonyl (C=O) groups is 1. The second-order valence-corrected chi connectivity index (χ2v) is 6.47. The third-order valence-electron chi connectivity index (χ3n) is 4.48. The Hall–Kier alpha value is -0.770. The molecule has 0 unspecified atom stereocenters. The molecule has 0 radical (unpaired) electrons. The molecule has 84 valence electrons. The van der Waals surface area contributed by atoms with Crippen molar-refractivity contribution in [1.82, 2.24) is 4.90 Å². The van der Waals surface area contributed by atoms with E-state index >= 15 is 0 Å². The summed E-state index contributed by atoms with van der Waals surface area (Å²) in [5, 5.41) is 0.920. The second kappa shape index (κ2) is 2.92. The van der Waals surface area contributed by atoms with Crippen LogP contribution in [-0.2, 0) is 4.79 Å². The van der Waals surface area contributed by atoms with Gasteiger partial charge in [-0.2, -0.15) is 0 Å². The van der Waals surface area contributed by atoms with Crippen LogP contribution in [-0.4, -0.2) is 28.6 Å². The predicted molar refractivity (Wildman–Crippen MR) is 64.0 cm³/mol. The molecule has 3 fully saturated rings. The Morgan fingerprint density at radius 1 is 1.38 bits per heavy atom. The first-order valence-corrected chi connectivity index (χ1v) is 6.80. The molecule has 3 nitrogen and oxygen atoms in total. The summed E-state index contributed by atoms with van der Waals surface area (Å²) < 4.78 is 0.